The molecule has 6 nitrogen and oxygen atoms in total. The van der Waals surface area contributed by atoms with E-state index in [1.165, 1.54) is 18.9 Å². The zero-order valence-electron chi connectivity index (χ0n) is 11.0. The molecule has 1 aromatic heterocycles. The quantitative estimate of drug-likeness (QED) is 0.845. The Labute approximate surface area is 118 Å². The molecule has 0 radical (unpaired) electrons. The van der Waals surface area contributed by atoms with Crippen molar-refractivity contribution in [2.24, 2.45) is 5.92 Å². The van der Waals surface area contributed by atoms with E-state index in [2.05, 4.69) is 14.6 Å². The molecule has 2 fully saturated rings. The highest BCUT2D eigenvalue weighted by molar-refractivity contribution is 7.89. The Morgan fingerprint density at radius 3 is 3.05 bits per heavy atom. The van der Waals surface area contributed by atoms with Crippen molar-refractivity contribution >= 4 is 10.0 Å². The molecule has 0 unspecified atom stereocenters. The van der Waals surface area contributed by atoms with Crippen molar-refractivity contribution in [3.05, 3.63) is 18.3 Å². The van der Waals surface area contributed by atoms with Crippen LogP contribution in [0.4, 0.5) is 0 Å². The van der Waals surface area contributed by atoms with Gasteiger partial charge in [-0.1, -0.05) is 0 Å². The lowest BCUT2D eigenvalue weighted by atomic mass is 10.2. The molecule has 2 aliphatic heterocycles. The van der Waals surface area contributed by atoms with Crippen LogP contribution < -0.4 is 9.46 Å². The minimum atomic E-state index is -3.53. The number of rotatable bonds is 2. The number of aromatic nitrogens is 1. The van der Waals surface area contributed by atoms with Gasteiger partial charge in [0.15, 0.2) is 0 Å². The zero-order chi connectivity index (χ0) is 13.7. The van der Waals surface area contributed by atoms with Crippen LogP contribution in [0.15, 0.2) is 23.2 Å². The highest BCUT2D eigenvalue weighted by Gasteiger charge is 2.42. The first-order valence-corrected chi connectivity index (χ1v) is 8.46. The van der Waals surface area contributed by atoms with Crippen LogP contribution in [0, 0.1) is 5.92 Å². The first-order chi connectivity index (χ1) is 9.62. The molecule has 1 aliphatic carbocycles. The summed E-state index contributed by atoms with van der Waals surface area (Å²) in [6, 6.07) is 2.96. The van der Waals surface area contributed by atoms with E-state index in [1.54, 1.807) is 12.3 Å². The standard InChI is InChI=1S/C13H17N3O3S/c17-20(18)12-2-1-5-14-13(12)19-11-8-16(6-9-3-4-9)7-10(11)15-20/h1-2,5,9-11,15H,3-4,6-8H2/t10-,11+/m1/s1. The monoisotopic (exact) mass is 295 g/mol. The molecule has 3 aliphatic rings. The molecule has 0 spiro atoms. The predicted octanol–water partition coefficient (Wildman–Crippen LogP) is 0.215. The van der Waals surface area contributed by atoms with Crippen molar-refractivity contribution in [2.45, 2.75) is 29.9 Å². The normalized spacial score (nSPS) is 32.0. The molecule has 7 heteroatoms. The second kappa shape index (κ2) is 4.41. The molecule has 0 aromatic carbocycles. The lowest BCUT2D eigenvalue weighted by Gasteiger charge is -2.15. The van der Waals surface area contributed by atoms with Gasteiger partial charge in [-0.05, 0) is 30.9 Å². The average molecular weight is 295 g/mol. The molecule has 2 atom stereocenters. The van der Waals surface area contributed by atoms with Gasteiger partial charge in [-0.2, -0.15) is 0 Å². The maximum Gasteiger partial charge on any atom is 0.246 e. The van der Waals surface area contributed by atoms with Crippen LogP contribution in [-0.2, 0) is 10.0 Å². The maximum absolute atomic E-state index is 12.3. The smallest absolute Gasteiger partial charge is 0.246 e. The third kappa shape index (κ3) is 2.19. The first-order valence-electron chi connectivity index (χ1n) is 6.98. The van der Waals surface area contributed by atoms with E-state index in [1.807, 2.05) is 0 Å². The largest absolute Gasteiger partial charge is 0.470 e. The minimum absolute atomic E-state index is 0.142. The number of ether oxygens (including phenoxy) is 1. The number of sulfonamides is 1. The second-order valence-electron chi connectivity index (χ2n) is 5.85. The van der Waals surface area contributed by atoms with Crippen LogP contribution >= 0.6 is 0 Å². The van der Waals surface area contributed by atoms with E-state index < -0.39 is 10.0 Å². The molecule has 1 saturated carbocycles. The van der Waals surface area contributed by atoms with Gasteiger partial charge in [0.25, 0.3) is 0 Å². The van der Waals surface area contributed by atoms with Crippen LogP contribution in [0.3, 0.4) is 0 Å². The van der Waals surface area contributed by atoms with Crippen LogP contribution in [0.1, 0.15) is 12.8 Å². The Kier molecular flexibility index (Phi) is 2.77. The summed E-state index contributed by atoms with van der Waals surface area (Å²) in [5, 5.41) is 0. The SMILES string of the molecule is O=S1(=O)N[C@@H]2CN(CC3CC3)C[C@@H]2Oc2ncccc21. The van der Waals surface area contributed by atoms with E-state index in [0.717, 1.165) is 19.0 Å². The van der Waals surface area contributed by atoms with Gasteiger partial charge in [-0.3, -0.25) is 4.90 Å². The molecular formula is C13H17N3O3S. The van der Waals surface area contributed by atoms with Crippen molar-refractivity contribution < 1.29 is 13.2 Å². The van der Waals surface area contributed by atoms with E-state index in [4.69, 9.17) is 4.74 Å². The summed E-state index contributed by atoms with van der Waals surface area (Å²) < 4.78 is 33.3. The van der Waals surface area contributed by atoms with E-state index >= 15 is 0 Å². The summed E-state index contributed by atoms with van der Waals surface area (Å²) in [7, 11) is -3.53. The Morgan fingerprint density at radius 2 is 2.25 bits per heavy atom. The maximum atomic E-state index is 12.3. The fraction of sp³-hybridized carbons (Fsp3) is 0.615. The summed E-state index contributed by atoms with van der Waals surface area (Å²) in [6.07, 6.45) is 4.00. The van der Waals surface area contributed by atoms with Crippen LogP contribution in [0.5, 0.6) is 5.88 Å². The van der Waals surface area contributed by atoms with Gasteiger partial charge in [0, 0.05) is 25.8 Å². The number of likely N-dealkylation sites (tertiary alicyclic amines) is 1. The molecule has 20 heavy (non-hydrogen) atoms. The van der Waals surface area contributed by atoms with Gasteiger partial charge < -0.3 is 4.74 Å². The number of nitrogens with zero attached hydrogens (tertiary/aromatic N) is 2. The summed E-state index contributed by atoms with van der Waals surface area (Å²) in [4.78, 5) is 6.51. The van der Waals surface area contributed by atoms with E-state index in [0.29, 0.717) is 6.54 Å². The third-order valence-corrected chi connectivity index (χ3v) is 5.65. The predicted molar refractivity (Wildman–Crippen MR) is 71.9 cm³/mol. The van der Waals surface area contributed by atoms with Crippen molar-refractivity contribution in [3.8, 4) is 5.88 Å². The van der Waals surface area contributed by atoms with Gasteiger partial charge in [-0.25, -0.2) is 18.1 Å². The fourth-order valence-corrected chi connectivity index (χ4v) is 4.31. The number of fused-ring (bicyclic) bond motifs is 2. The molecule has 108 valence electrons. The second-order valence-corrected chi connectivity index (χ2v) is 7.54. The number of hydrogen-bond acceptors (Lipinski definition) is 5. The zero-order valence-corrected chi connectivity index (χ0v) is 11.8. The summed E-state index contributed by atoms with van der Waals surface area (Å²) in [5.74, 6) is 1.01. The number of pyridine rings is 1. The van der Waals surface area contributed by atoms with E-state index in [-0.39, 0.29) is 22.9 Å². The summed E-state index contributed by atoms with van der Waals surface area (Å²) in [5.41, 5.74) is 0. The van der Waals surface area contributed by atoms with Crippen LogP contribution in [-0.4, -0.2) is 50.1 Å². The van der Waals surface area contributed by atoms with Gasteiger partial charge >= 0.3 is 0 Å². The van der Waals surface area contributed by atoms with Crippen LogP contribution in [0.2, 0.25) is 0 Å². The number of hydrogen-bond donors (Lipinski definition) is 1. The van der Waals surface area contributed by atoms with E-state index in [9.17, 15) is 8.42 Å². The Hall–Kier alpha value is -1.18. The molecule has 4 rings (SSSR count). The molecular weight excluding hydrogens is 278 g/mol. The summed E-state index contributed by atoms with van der Waals surface area (Å²) in [6.45, 7) is 2.53. The molecule has 3 heterocycles. The van der Waals surface area contributed by atoms with Gasteiger partial charge in [0.05, 0.1) is 6.04 Å². The molecule has 1 N–H and O–H groups in total. The minimum Gasteiger partial charge on any atom is -0.470 e. The average Bonchev–Trinajstić information content (AvgIpc) is 3.15. The Bertz CT molecular complexity index is 630. The highest BCUT2D eigenvalue weighted by Crippen LogP contribution is 2.33. The fourth-order valence-electron chi connectivity index (χ4n) is 2.97. The summed E-state index contributed by atoms with van der Waals surface area (Å²) >= 11 is 0. The Morgan fingerprint density at radius 1 is 1.40 bits per heavy atom. The molecule has 0 bridgehead atoms. The molecule has 1 saturated heterocycles. The van der Waals surface area contributed by atoms with Crippen molar-refractivity contribution in [1.82, 2.24) is 14.6 Å². The molecule has 0 amide bonds. The van der Waals surface area contributed by atoms with Crippen molar-refractivity contribution in [2.75, 3.05) is 19.6 Å². The molecule has 1 aromatic rings. The lowest BCUT2D eigenvalue weighted by Crippen LogP contribution is -2.42. The third-order valence-electron chi connectivity index (χ3n) is 4.15. The Balaban J connectivity index is 1.62. The van der Waals surface area contributed by atoms with Crippen molar-refractivity contribution in [1.29, 1.82) is 0 Å². The van der Waals surface area contributed by atoms with Gasteiger partial charge in [0.2, 0.25) is 15.9 Å². The van der Waals surface area contributed by atoms with Crippen molar-refractivity contribution in [3.63, 3.8) is 0 Å². The van der Waals surface area contributed by atoms with Gasteiger partial charge in [-0.15, -0.1) is 0 Å². The highest BCUT2D eigenvalue weighted by atomic mass is 32.2. The lowest BCUT2D eigenvalue weighted by molar-refractivity contribution is 0.177. The van der Waals surface area contributed by atoms with Gasteiger partial charge in [0.1, 0.15) is 11.0 Å². The van der Waals surface area contributed by atoms with Crippen LogP contribution in [0.25, 0.3) is 0 Å². The topological polar surface area (TPSA) is 71.5 Å². The first kappa shape index (κ1) is 12.6. The number of nitrogens with one attached hydrogen (secondary N) is 1.